The van der Waals surface area contributed by atoms with Crippen molar-refractivity contribution in [3.05, 3.63) is 28.8 Å². The van der Waals surface area contributed by atoms with Crippen molar-refractivity contribution >= 4 is 17.5 Å². The molecule has 0 N–H and O–H groups in total. The minimum Gasteiger partial charge on any atom is -0.495 e. The van der Waals surface area contributed by atoms with Gasteiger partial charge in [0, 0.05) is 20.1 Å². The lowest BCUT2D eigenvalue weighted by atomic mass is 9.85. The number of piperidine rings is 1. The molecular weight excluding hydrogens is 300 g/mol. The first-order chi connectivity index (χ1) is 10.6. The molecule has 0 bridgehead atoms. The molecule has 1 unspecified atom stereocenters. The van der Waals surface area contributed by atoms with E-state index in [4.69, 9.17) is 16.3 Å². The van der Waals surface area contributed by atoms with Gasteiger partial charge in [-0.2, -0.15) is 0 Å². The highest BCUT2D eigenvalue weighted by Crippen LogP contribution is 2.39. The maximum absolute atomic E-state index is 12.8. The van der Waals surface area contributed by atoms with Crippen molar-refractivity contribution in [2.75, 3.05) is 27.2 Å². The molecule has 3 rings (SSSR count). The molecule has 0 aliphatic carbocycles. The number of hydrogen-bond donors (Lipinski definition) is 0. The molecular formula is C17H23ClN2O2. The van der Waals surface area contributed by atoms with Gasteiger partial charge < -0.3 is 9.64 Å². The molecule has 1 spiro atoms. The van der Waals surface area contributed by atoms with E-state index in [0.717, 1.165) is 50.9 Å². The molecule has 4 nitrogen and oxygen atoms in total. The number of rotatable bonds is 3. The summed E-state index contributed by atoms with van der Waals surface area (Å²) >= 11 is 6.23. The van der Waals surface area contributed by atoms with Gasteiger partial charge in [0.15, 0.2) is 0 Å². The fraction of sp³-hybridized carbons (Fsp3) is 0.588. The zero-order chi connectivity index (χ0) is 15.7. The molecule has 2 aliphatic heterocycles. The lowest BCUT2D eigenvalue weighted by Crippen LogP contribution is -2.58. The van der Waals surface area contributed by atoms with Crippen LogP contribution in [0.25, 0.3) is 0 Å². The first kappa shape index (κ1) is 15.6. The summed E-state index contributed by atoms with van der Waals surface area (Å²) in [7, 11) is 3.54. The maximum atomic E-state index is 12.8. The number of amides is 1. The Morgan fingerprint density at radius 1 is 1.27 bits per heavy atom. The second kappa shape index (κ2) is 6.09. The van der Waals surface area contributed by atoms with Crippen molar-refractivity contribution < 1.29 is 9.53 Å². The minimum absolute atomic E-state index is 0.288. The van der Waals surface area contributed by atoms with Gasteiger partial charge in [0.05, 0.1) is 12.1 Å². The van der Waals surface area contributed by atoms with E-state index in [1.807, 2.05) is 30.1 Å². The van der Waals surface area contributed by atoms with Gasteiger partial charge in [-0.3, -0.25) is 9.69 Å². The Hall–Kier alpha value is -1.26. The lowest BCUT2D eigenvalue weighted by Gasteiger charge is -2.43. The van der Waals surface area contributed by atoms with Crippen LogP contribution in [0, 0.1) is 0 Å². The summed E-state index contributed by atoms with van der Waals surface area (Å²) in [5, 5.41) is 0.625. The van der Waals surface area contributed by atoms with Gasteiger partial charge >= 0.3 is 0 Å². The molecule has 2 heterocycles. The highest BCUT2D eigenvalue weighted by Gasteiger charge is 2.49. The lowest BCUT2D eigenvalue weighted by molar-refractivity contribution is -0.146. The van der Waals surface area contributed by atoms with Gasteiger partial charge in [-0.05, 0) is 49.9 Å². The van der Waals surface area contributed by atoms with Gasteiger partial charge in [0.1, 0.15) is 11.3 Å². The average Bonchev–Trinajstić information content (AvgIpc) is 2.89. The zero-order valence-corrected chi connectivity index (χ0v) is 14.0. The van der Waals surface area contributed by atoms with Crippen LogP contribution in [0.2, 0.25) is 5.02 Å². The van der Waals surface area contributed by atoms with Gasteiger partial charge in [0.25, 0.3) is 0 Å². The van der Waals surface area contributed by atoms with Gasteiger partial charge in [-0.1, -0.05) is 17.7 Å². The number of likely N-dealkylation sites (tertiary alicyclic amines) is 2. The van der Waals surface area contributed by atoms with Crippen molar-refractivity contribution in [3.63, 3.8) is 0 Å². The molecule has 1 amide bonds. The van der Waals surface area contributed by atoms with Gasteiger partial charge in [0.2, 0.25) is 5.91 Å². The third-order valence-corrected chi connectivity index (χ3v) is 5.34. The quantitative estimate of drug-likeness (QED) is 0.857. The van der Waals surface area contributed by atoms with Crippen molar-refractivity contribution in [3.8, 4) is 5.75 Å². The number of halogens is 1. The fourth-order valence-electron chi connectivity index (χ4n) is 3.89. The maximum Gasteiger partial charge on any atom is 0.242 e. The highest BCUT2D eigenvalue weighted by molar-refractivity contribution is 6.32. The second-order valence-electron chi connectivity index (χ2n) is 6.36. The Morgan fingerprint density at radius 3 is 2.68 bits per heavy atom. The topological polar surface area (TPSA) is 32.8 Å². The van der Waals surface area contributed by atoms with E-state index < -0.39 is 0 Å². The van der Waals surface area contributed by atoms with Gasteiger partial charge in [-0.15, -0.1) is 0 Å². The minimum atomic E-state index is -0.292. The molecule has 2 fully saturated rings. The first-order valence-electron chi connectivity index (χ1n) is 7.90. The Labute approximate surface area is 137 Å². The van der Waals surface area contributed by atoms with Crippen molar-refractivity contribution in [1.29, 1.82) is 0 Å². The van der Waals surface area contributed by atoms with Crippen LogP contribution in [0.5, 0.6) is 5.75 Å². The highest BCUT2D eigenvalue weighted by atomic mass is 35.5. The van der Waals surface area contributed by atoms with E-state index in [1.54, 1.807) is 7.11 Å². The summed E-state index contributed by atoms with van der Waals surface area (Å²) in [5.41, 5.74) is 0.840. The molecule has 1 aromatic rings. The summed E-state index contributed by atoms with van der Waals surface area (Å²) in [5.74, 6) is 0.978. The molecule has 22 heavy (non-hydrogen) atoms. The Bertz CT molecular complexity index is 578. The fourth-order valence-corrected chi connectivity index (χ4v) is 4.17. The van der Waals surface area contributed by atoms with E-state index >= 15 is 0 Å². The van der Waals surface area contributed by atoms with E-state index in [2.05, 4.69) is 4.90 Å². The van der Waals surface area contributed by atoms with Crippen molar-refractivity contribution in [2.45, 2.75) is 37.8 Å². The van der Waals surface area contributed by atoms with Crippen LogP contribution < -0.4 is 4.74 Å². The Kier molecular flexibility index (Phi) is 4.33. The number of nitrogens with zero attached hydrogens (tertiary/aromatic N) is 2. The summed E-state index contributed by atoms with van der Waals surface area (Å²) in [6.07, 6.45) is 4.12. The van der Waals surface area contributed by atoms with E-state index in [0.29, 0.717) is 10.8 Å². The summed E-state index contributed by atoms with van der Waals surface area (Å²) in [6.45, 7) is 2.62. The zero-order valence-electron chi connectivity index (χ0n) is 13.3. The number of likely N-dealkylation sites (N-methyl/N-ethyl adjacent to an activating group) is 1. The smallest absolute Gasteiger partial charge is 0.242 e. The van der Waals surface area contributed by atoms with Crippen LogP contribution in [0.1, 0.15) is 31.2 Å². The normalized spacial score (nSPS) is 26.0. The molecule has 0 saturated carbocycles. The number of methoxy groups -OCH3 is 1. The van der Waals surface area contributed by atoms with Gasteiger partial charge in [-0.25, -0.2) is 0 Å². The molecule has 0 aromatic heterocycles. The third kappa shape index (κ3) is 2.59. The number of carbonyl (C=O) groups excluding carboxylic acids is 1. The summed E-state index contributed by atoms with van der Waals surface area (Å²) < 4.78 is 5.20. The molecule has 2 saturated heterocycles. The van der Waals surface area contributed by atoms with Crippen LogP contribution in [0.15, 0.2) is 18.2 Å². The molecule has 2 aliphatic rings. The van der Waals surface area contributed by atoms with E-state index in [9.17, 15) is 4.79 Å². The predicted molar refractivity (Wildman–Crippen MR) is 87.3 cm³/mol. The molecule has 5 heteroatoms. The third-order valence-electron chi connectivity index (χ3n) is 5.04. The van der Waals surface area contributed by atoms with Crippen LogP contribution >= 0.6 is 11.6 Å². The van der Waals surface area contributed by atoms with E-state index in [1.165, 1.54) is 0 Å². The molecule has 0 radical (unpaired) electrons. The van der Waals surface area contributed by atoms with Crippen LogP contribution in [-0.2, 0) is 11.3 Å². The van der Waals surface area contributed by atoms with Crippen LogP contribution in [0.3, 0.4) is 0 Å². The average molecular weight is 323 g/mol. The molecule has 120 valence electrons. The van der Waals surface area contributed by atoms with E-state index in [-0.39, 0.29) is 11.4 Å². The predicted octanol–water partition coefficient (Wildman–Crippen LogP) is 2.94. The van der Waals surface area contributed by atoms with Crippen molar-refractivity contribution in [1.82, 2.24) is 9.80 Å². The summed E-state index contributed by atoms with van der Waals surface area (Å²) in [4.78, 5) is 17.0. The standard InChI is InChI=1S/C17H23ClN2O2/c1-19-9-3-7-17(16(19)21)8-4-10-20(17)12-13-5-6-15(22-2)14(18)11-13/h5-6,11H,3-4,7-10,12H2,1-2H3. The number of carbonyl (C=O) groups is 1. The molecule has 1 atom stereocenters. The first-order valence-corrected chi connectivity index (χ1v) is 8.28. The number of benzene rings is 1. The summed E-state index contributed by atoms with van der Waals surface area (Å²) in [6, 6.07) is 5.88. The SMILES string of the molecule is COc1ccc(CN2CCCC23CCCN(C)C3=O)cc1Cl. The van der Waals surface area contributed by atoms with Crippen molar-refractivity contribution in [2.24, 2.45) is 0 Å². The second-order valence-corrected chi connectivity index (χ2v) is 6.76. The van der Waals surface area contributed by atoms with Crippen LogP contribution in [-0.4, -0.2) is 48.5 Å². The Morgan fingerprint density at radius 2 is 2.00 bits per heavy atom. The number of hydrogen-bond acceptors (Lipinski definition) is 3. The largest absolute Gasteiger partial charge is 0.495 e. The Balaban J connectivity index is 1.82. The monoisotopic (exact) mass is 322 g/mol. The molecule has 1 aromatic carbocycles. The number of ether oxygens (including phenoxy) is 1. The van der Waals surface area contributed by atoms with Crippen LogP contribution in [0.4, 0.5) is 0 Å².